The van der Waals surface area contributed by atoms with Crippen LogP contribution < -0.4 is 0 Å². The van der Waals surface area contributed by atoms with Crippen molar-refractivity contribution in [1.29, 1.82) is 0 Å². The number of carbonyl (C=O) groups excluding carboxylic acids is 1. The predicted octanol–water partition coefficient (Wildman–Crippen LogP) is 4.86. The highest BCUT2D eigenvalue weighted by Gasteiger charge is 2.20. The van der Waals surface area contributed by atoms with E-state index in [9.17, 15) is 4.79 Å². The molecule has 0 bridgehead atoms. The second-order valence-corrected chi connectivity index (χ2v) is 7.32. The van der Waals surface area contributed by atoms with Crippen LogP contribution in [0.25, 0.3) is 17.1 Å². The van der Waals surface area contributed by atoms with Gasteiger partial charge in [0.25, 0.3) is 0 Å². The maximum atomic E-state index is 12.6. The van der Waals surface area contributed by atoms with Crippen LogP contribution in [0, 0.1) is 20.8 Å². The van der Waals surface area contributed by atoms with E-state index in [0.717, 1.165) is 16.8 Å². The molecule has 2 heterocycles. The summed E-state index contributed by atoms with van der Waals surface area (Å²) in [5, 5.41) is 8.66. The Morgan fingerprint density at radius 1 is 1.13 bits per heavy atom. The molecular weight excluding hydrogens is 404 g/mol. The molecule has 0 aliphatic heterocycles. The monoisotopic (exact) mass is 422 g/mol. The Bertz CT molecular complexity index is 1210. The number of rotatable bonds is 5. The van der Waals surface area contributed by atoms with Gasteiger partial charge >= 0.3 is 5.97 Å². The van der Waals surface area contributed by atoms with E-state index < -0.39 is 5.97 Å². The van der Waals surface area contributed by atoms with Crippen LogP contribution in [0.2, 0.25) is 5.02 Å². The maximum Gasteiger partial charge on any atom is 0.361 e. The molecule has 4 aromatic rings. The Kier molecular flexibility index (Phi) is 5.37. The van der Waals surface area contributed by atoms with Crippen molar-refractivity contribution >= 4 is 17.6 Å². The number of benzene rings is 2. The first-order valence-corrected chi connectivity index (χ1v) is 9.69. The molecule has 0 fully saturated rings. The largest absolute Gasteiger partial charge is 0.454 e. The lowest BCUT2D eigenvalue weighted by Crippen LogP contribution is -2.09. The van der Waals surface area contributed by atoms with Crippen LogP contribution in [0.1, 0.15) is 33.2 Å². The van der Waals surface area contributed by atoms with Gasteiger partial charge in [0.15, 0.2) is 5.69 Å². The van der Waals surface area contributed by atoms with Crippen LogP contribution in [0.15, 0.2) is 52.9 Å². The molecule has 0 aliphatic carbocycles. The lowest BCUT2D eigenvalue weighted by Gasteiger charge is -2.04. The van der Waals surface area contributed by atoms with Crippen LogP contribution in [0.5, 0.6) is 0 Å². The van der Waals surface area contributed by atoms with Gasteiger partial charge in [0.2, 0.25) is 5.89 Å². The zero-order valence-electron chi connectivity index (χ0n) is 16.7. The van der Waals surface area contributed by atoms with E-state index in [-0.39, 0.29) is 12.3 Å². The van der Waals surface area contributed by atoms with E-state index in [4.69, 9.17) is 20.8 Å². The molecule has 0 saturated heterocycles. The van der Waals surface area contributed by atoms with Gasteiger partial charge < -0.3 is 9.15 Å². The first-order chi connectivity index (χ1) is 14.4. The number of aromatic nitrogens is 4. The van der Waals surface area contributed by atoms with E-state index in [0.29, 0.717) is 28.1 Å². The lowest BCUT2D eigenvalue weighted by atomic mass is 10.2. The summed E-state index contributed by atoms with van der Waals surface area (Å²) in [7, 11) is 0. The van der Waals surface area contributed by atoms with E-state index in [1.54, 1.807) is 30.7 Å². The smallest absolute Gasteiger partial charge is 0.361 e. The summed E-state index contributed by atoms with van der Waals surface area (Å²) in [6, 6.07) is 15.0. The maximum absolute atomic E-state index is 12.6. The summed E-state index contributed by atoms with van der Waals surface area (Å²) < 4.78 is 12.7. The number of aryl methyl sites for hydroxylation is 2. The lowest BCUT2D eigenvalue weighted by molar-refractivity contribution is 0.0459. The quantitative estimate of drug-likeness (QED) is 0.427. The molecule has 152 valence electrons. The third kappa shape index (κ3) is 3.97. The highest BCUT2D eigenvalue weighted by molar-refractivity contribution is 6.30. The topological polar surface area (TPSA) is 83.0 Å². The number of halogens is 1. The number of ether oxygens (including phenoxy) is 1. The van der Waals surface area contributed by atoms with Crippen molar-refractivity contribution in [2.24, 2.45) is 0 Å². The van der Waals surface area contributed by atoms with Crippen LogP contribution in [0.3, 0.4) is 0 Å². The molecular formula is C22H19ClN4O3. The molecule has 2 aromatic carbocycles. The van der Waals surface area contributed by atoms with Gasteiger partial charge in [-0.25, -0.2) is 14.5 Å². The summed E-state index contributed by atoms with van der Waals surface area (Å²) in [6.45, 7) is 5.51. The van der Waals surface area contributed by atoms with Gasteiger partial charge in [-0.15, -0.1) is 5.10 Å². The molecule has 2 aromatic heterocycles. The zero-order chi connectivity index (χ0) is 21.3. The molecule has 0 spiro atoms. The number of hydrogen-bond donors (Lipinski definition) is 0. The zero-order valence-corrected chi connectivity index (χ0v) is 17.5. The average molecular weight is 423 g/mol. The van der Waals surface area contributed by atoms with E-state index in [2.05, 4.69) is 15.3 Å². The van der Waals surface area contributed by atoms with Gasteiger partial charge in [0, 0.05) is 10.6 Å². The van der Waals surface area contributed by atoms with Crippen LogP contribution in [0.4, 0.5) is 0 Å². The normalized spacial score (nSPS) is 10.9. The Hall–Kier alpha value is -3.45. The Labute approximate surface area is 178 Å². The van der Waals surface area contributed by atoms with Gasteiger partial charge in [-0.1, -0.05) is 40.6 Å². The number of oxazole rings is 1. The molecule has 8 heteroatoms. The minimum atomic E-state index is -0.572. The standard InChI is InChI=1S/C22H19ClN4O3/c1-13-7-9-18(10-8-13)27-14(2)20(25-26-27)22(28)29-12-19-15(3)30-21(24-19)16-5-4-6-17(23)11-16/h4-11H,12H2,1-3H3. The van der Waals surface area contributed by atoms with Gasteiger partial charge in [0.1, 0.15) is 18.1 Å². The Morgan fingerprint density at radius 3 is 2.63 bits per heavy atom. The minimum absolute atomic E-state index is 0.0361. The highest BCUT2D eigenvalue weighted by atomic mass is 35.5. The van der Waals surface area contributed by atoms with Crippen molar-refractivity contribution in [1.82, 2.24) is 20.0 Å². The van der Waals surface area contributed by atoms with Crippen molar-refractivity contribution in [3.63, 3.8) is 0 Å². The summed E-state index contributed by atoms with van der Waals surface area (Å²) in [4.78, 5) is 17.0. The van der Waals surface area contributed by atoms with Crippen molar-refractivity contribution in [3.8, 4) is 17.1 Å². The predicted molar refractivity (Wildman–Crippen MR) is 112 cm³/mol. The van der Waals surface area contributed by atoms with Crippen molar-refractivity contribution in [3.05, 3.63) is 82.0 Å². The van der Waals surface area contributed by atoms with Crippen molar-refractivity contribution < 1.29 is 13.9 Å². The average Bonchev–Trinajstić information content (AvgIpc) is 3.29. The van der Waals surface area contributed by atoms with Gasteiger partial charge in [-0.2, -0.15) is 0 Å². The van der Waals surface area contributed by atoms with E-state index >= 15 is 0 Å². The number of carbonyl (C=O) groups is 1. The summed E-state index contributed by atoms with van der Waals surface area (Å²) in [5.74, 6) is 0.415. The molecule has 30 heavy (non-hydrogen) atoms. The fourth-order valence-electron chi connectivity index (χ4n) is 2.96. The van der Waals surface area contributed by atoms with Gasteiger partial charge in [0.05, 0.1) is 11.4 Å². The van der Waals surface area contributed by atoms with Gasteiger partial charge in [-0.3, -0.25) is 0 Å². The highest BCUT2D eigenvalue weighted by Crippen LogP contribution is 2.25. The number of hydrogen-bond acceptors (Lipinski definition) is 6. The van der Waals surface area contributed by atoms with Gasteiger partial charge in [-0.05, 0) is 51.1 Å². The third-order valence-electron chi connectivity index (χ3n) is 4.67. The van der Waals surface area contributed by atoms with Crippen molar-refractivity contribution in [2.75, 3.05) is 0 Å². The molecule has 0 atom stereocenters. The Morgan fingerprint density at radius 2 is 1.90 bits per heavy atom. The van der Waals surface area contributed by atoms with E-state index in [1.165, 1.54) is 0 Å². The molecule has 0 N–H and O–H groups in total. The molecule has 0 radical (unpaired) electrons. The second kappa shape index (κ2) is 8.12. The van der Waals surface area contributed by atoms with E-state index in [1.807, 2.05) is 43.3 Å². The first kappa shape index (κ1) is 19.8. The first-order valence-electron chi connectivity index (χ1n) is 9.31. The molecule has 0 saturated carbocycles. The fourth-order valence-corrected chi connectivity index (χ4v) is 3.15. The van der Waals surface area contributed by atoms with Crippen LogP contribution in [-0.2, 0) is 11.3 Å². The second-order valence-electron chi connectivity index (χ2n) is 6.88. The Balaban J connectivity index is 1.49. The molecule has 0 aliphatic rings. The summed E-state index contributed by atoms with van der Waals surface area (Å²) >= 11 is 6.03. The number of nitrogens with zero attached hydrogens (tertiary/aromatic N) is 4. The van der Waals surface area contributed by atoms with Crippen LogP contribution in [-0.4, -0.2) is 25.9 Å². The molecule has 4 rings (SSSR count). The summed E-state index contributed by atoms with van der Waals surface area (Å²) in [5.41, 5.74) is 3.99. The molecule has 0 unspecified atom stereocenters. The third-order valence-corrected chi connectivity index (χ3v) is 4.91. The molecule has 0 amide bonds. The molecule has 7 nitrogen and oxygen atoms in total. The number of esters is 1. The SMILES string of the molecule is Cc1ccc(-n2nnc(C(=O)OCc3nc(-c4cccc(Cl)c4)oc3C)c2C)cc1. The minimum Gasteiger partial charge on any atom is -0.454 e. The van der Waals surface area contributed by atoms with Crippen molar-refractivity contribution in [2.45, 2.75) is 27.4 Å². The summed E-state index contributed by atoms with van der Waals surface area (Å²) in [6.07, 6.45) is 0. The fraction of sp³-hybridized carbons (Fsp3) is 0.182. The van der Waals surface area contributed by atoms with Crippen LogP contribution >= 0.6 is 11.6 Å².